The number of carbonyl (C=O) groups excluding carboxylic acids is 3. The summed E-state index contributed by atoms with van der Waals surface area (Å²) in [5.41, 5.74) is 1.62. The first-order valence-electron chi connectivity index (χ1n) is 9.90. The standard InChI is InChI=1S/C22H25BrO5/c1-11(24)27-13-4-5-14-15-8-9-22(3)17(6-7-18(22)28-12(2)25)19(15)20(23)21(26)16(14)10-13/h4-5,10,15,17-20H,6-9H2,1-3H3/t15?,17?,18-,19?,20?,22?/m0/s1. The molecule has 3 aliphatic rings. The molecule has 0 heterocycles. The first-order chi connectivity index (χ1) is 13.2. The molecule has 150 valence electrons. The van der Waals surface area contributed by atoms with Gasteiger partial charge >= 0.3 is 11.9 Å². The van der Waals surface area contributed by atoms with Gasteiger partial charge in [-0.2, -0.15) is 0 Å². The molecule has 0 bridgehead atoms. The Morgan fingerprint density at radius 3 is 2.57 bits per heavy atom. The minimum absolute atomic E-state index is 0.0467. The van der Waals surface area contributed by atoms with E-state index in [2.05, 4.69) is 22.9 Å². The molecule has 0 spiro atoms. The summed E-state index contributed by atoms with van der Waals surface area (Å²) in [5.74, 6) is 0.612. The molecular formula is C22H25BrO5. The van der Waals surface area contributed by atoms with Gasteiger partial charge < -0.3 is 9.47 Å². The summed E-state index contributed by atoms with van der Waals surface area (Å²) < 4.78 is 10.8. The Kier molecular flexibility index (Phi) is 4.89. The lowest BCUT2D eigenvalue weighted by molar-refractivity contribution is -0.154. The molecular weight excluding hydrogens is 424 g/mol. The van der Waals surface area contributed by atoms with Crippen molar-refractivity contribution < 1.29 is 23.9 Å². The van der Waals surface area contributed by atoms with E-state index in [0.717, 1.165) is 31.2 Å². The summed E-state index contributed by atoms with van der Waals surface area (Å²) in [6.45, 7) is 5.04. The number of fused-ring (bicyclic) bond motifs is 5. The van der Waals surface area contributed by atoms with E-state index in [-0.39, 0.29) is 39.9 Å². The van der Waals surface area contributed by atoms with Crippen molar-refractivity contribution in [1.82, 2.24) is 0 Å². The molecule has 0 amide bonds. The molecule has 6 atom stereocenters. The summed E-state index contributed by atoms with van der Waals surface area (Å²) >= 11 is 3.71. The fraction of sp³-hybridized carbons (Fsp3) is 0.591. The van der Waals surface area contributed by atoms with Gasteiger partial charge in [0.2, 0.25) is 0 Å². The molecule has 1 aromatic carbocycles. The third kappa shape index (κ3) is 3.00. The van der Waals surface area contributed by atoms with Gasteiger partial charge in [-0.3, -0.25) is 14.4 Å². The van der Waals surface area contributed by atoms with Crippen molar-refractivity contribution in [2.75, 3.05) is 0 Å². The number of rotatable bonds is 2. The van der Waals surface area contributed by atoms with Gasteiger partial charge in [-0.05, 0) is 61.1 Å². The van der Waals surface area contributed by atoms with Gasteiger partial charge in [-0.1, -0.05) is 28.9 Å². The third-order valence-electron chi connectivity index (χ3n) is 7.09. The Morgan fingerprint density at radius 1 is 1.14 bits per heavy atom. The van der Waals surface area contributed by atoms with Crippen LogP contribution in [0.5, 0.6) is 5.75 Å². The predicted molar refractivity (Wildman–Crippen MR) is 107 cm³/mol. The number of ether oxygens (including phenoxy) is 2. The second kappa shape index (κ2) is 6.97. The van der Waals surface area contributed by atoms with Gasteiger partial charge in [0.25, 0.3) is 0 Å². The molecule has 3 aliphatic carbocycles. The molecule has 2 fully saturated rings. The van der Waals surface area contributed by atoms with Crippen molar-refractivity contribution in [3.8, 4) is 5.75 Å². The predicted octanol–water partition coefficient (Wildman–Crippen LogP) is 4.41. The minimum atomic E-state index is -0.396. The smallest absolute Gasteiger partial charge is 0.308 e. The number of alkyl halides is 1. The van der Waals surface area contributed by atoms with Crippen molar-refractivity contribution in [2.24, 2.45) is 17.3 Å². The largest absolute Gasteiger partial charge is 0.462 e. The van der Waals surface area contributed by atoms with Crippen LogP contribution >= 0.6 is 15.9 Å². The number of hydrogen-bond donors (Lipinski definition) is 0. The van der Waals surface area contributed by atoms with Gasteiger partial charge in [-0.15, -0.1) is 0 Å². The van der Waals surface area contributed by atoms with E-state index in [4.69, 9.17) is 9.47 Å². The van der Waals surface area contributed by atoms with Crippen LogP contribution in [-0.4, -0.2) is 28.7 Å². The van der Waals surface area contributed by atoms with Crippen molar-refractivity contribution in [3.05, 3.63) is 29.3 Å². The Hall–Kier alpha value is -1.69. The molecule has 4 rings (SSSR count). The first kappa shape index (κ1) is 19.6. The van der Waals surface area contributed by atoms with Crippen molar-refractivity contribution in [3.63, 3.8) is 0 Å². The van der Waals surface area contributed by atoms with E-state index < -0.39 is 5.97 Å². The molecule has 1 aromatic rings. The van der Waals surface area contributed by atoms with E-state index in [9.17, 15) is 14.4 Å². The van der Waals surface area contributed by atoms with Crippen LogP contribution in [0.2, 0.25) is 0 Å². The molecule has 0 radical (unpaired) electrons. The molecule has 5 unspecified atom stereocenters. The van der Waals surface area contributed by atoms with Crippen LogP contribution in [0.25, 0.3) is 0 Å². The monoisotopic (exact) mass is 448 g/mol. The number of ketones is 1. The van der Waals surface area contributed by atoms with E-state index in [0.29, 0.717) is 17.2 Å². The maximum absolute atomic E-state index is 13.2. The summed E-state index contributed by atoms with van der Waals surface area (Å²) in [6.07, 6.45) is 3.67. The quantitative estimate of drug-likeness (QED) is 0.380. The highest BCUT2D eigenvalue weighted by Crippen LogP contribution is 2.62. The van der Waals surface area contributed by atoms with Crippen LogP contribution in [0.3, 0.4) is 0 Å². The maximum Gasteiger partial charge on any atom is 0.308 e. The highest BCUT2D eigenvalue weighted by atomic mass is 79.9. The van der Waals surface area contributed by atoms with Crippen molar-refractivity contribution >= 4 is 33.7 Å². The number of esters is 2. The molecule has 28 heavy (non-hydrogen) atoms. The fourth-order valence-corrected chi connectivity index (χ4v) is 6.92. The second-order valence-corrected chi connectivity index (χ2v) is 9.61. The number of Topliss-reactive ketones (excluding diaryl/α,β-unsaturated/α-hetero) is 1. The summed E-state index contributed by atoms with van der Waals surface area (Å²) in [4.78, 5) is 35.7. The number of halogens is 1. The van der Waals surface area contributed by atoms with Gasteiger partial charge in [-0.25, -0.2) is 0 Å². The van der Waals surface area contributed by atoms with E-state index in [1.165, 1.54) is 13.8 Å². The van der Waals surface area contributed by atoms with Gasteiger partial charge in [0, 0.05) is 24.8 Å². The van der Waals surface area contributed by atoms with Gasteiger partial charge in [0.15, 0.2) is 5.78 Å². The fourth-order valence-electron chi connectivity index (χ4n) is 5.94. The van der Waals surface area contributed by atoms with Gasteiger partial charge in [0.1, 0.15) is 11.9 Å². The van der Waals surface area contributed by atoms with Crippen LogP contribution in [-0.2, 0) is 14.3 Å². The Bertz CT molecular complexity index is 849. The zero-order valence-electron chi connectivity index (χ0n) is 16.4. The van der Waals surface area contributed by atoms with Crippen LogP contribution in [0.1, 0.15) is 68.3 Å². The molecule has 5 nitrogen and oxygen atoms in total. The Morgan fingerprint density at radius 2 is 1.89 bits per heavy atom. The number of benzene rings is 1. The highest BCUT2D eigenvalue weighted by molar-refractivity contribution is 9.10. The lowest BCUT2D eigenvalue weighted by Gasteiger charge is -2.51. The third-order valence-corrected chi connectivity index (χ3v) is 8.12. The van der Waals surface area contributed by atoms with E-state index in [1.807, 2.05) is 6.07 Å². The molecule has 2 saturated carbocycles. The van der Waals surface area contributed by atoms with Crippen LogP contribution in [0, 0.1) is 17.3 Å². The SMILES string of the molecule is CC(=O)Oc1ccc2c(c1)C(=O)C(Br)C1C2CCC2(C)C1CC[C@@H]2OC(C)=O. The zero-order valence-corrected chi connectivity index (χ0v) is 18.0. The average molecular weight is 449 g/mol. The summed E-state index contributed by atoms with van der Waals surface area (Å²) in [6, 6.07) is 5.43. The average Bonchev–Trinajstić information content (AvgIpc) is 2.94. The molecule has 0 saturated heterocycles. The lowest BCUT2D eigenvalue weighted by Crippen LogP contribution is -2.50. The molecule has 0 aliphatic heterocycles. The Balaban J connectivity index is 1.69. The topological polar surface area (TPSA) is 69.7 Å². The van der Waals surface area contributed by atoms with Crippen molar-refractivity contribution in [1.29, 1.82) is 0 Å². The van der Waals surface area contributed by atoms with E-state index in [1.54, 1.807) is 12.1 Å². The van der Waals surface area contributed by atoms with Crippen molar-refractivity contribution in [2.45, 2.75) is 63.3 Å². The zero-order chi connectivity index (χ0) is 20.2. The molecule has 0 aromatic heterocycles. The van der Waals surface area contributed by atoms with E-state index >= 15 is 0 Å². The first-order valence-corrected chi connectivity index (χ1v) is 10.8. The number of hydrogen-bond acceptors (Lipinski definition) is 5. The van der Waals surface area contributed by atoms with Crippen LogP contribution in [0.4, 0.5) is 0 Å². The molecule has 0 N–H and O–H groups in total. The van der Waals surface area contributed by atoms with Crippen LogP contribution in [0.15, 0.2) is 18.2 Å². The summed E-state index contributed by atoms with van der Waals surface area (Å²) in [7, 11) is 0. The lowest BCUT2D eigenvalue weighted by atomic mass is 9.55. The number of carbonyl (C=O) groups is 3. The molecule has 6 heteroatoms. The van der Waals surface area contributed by atoms with Crippen LogP contribution < -0.4 is 4.74 Å². The van der Waals surface area contributed by atoms with Gasteiger partial charge in [0.05, 0.1) is 4.83 Å². The minimum Gasteiger partial charge on any atom is -0.462 e. The normalized spacial score (nSPS) is 36.1. The maximum atomic E-state index is 13.2. The summed E-state index contributed by atoms with van der Waals surface area (Å²) in [5, 5.41) is 0. The highest BCUT2D eigenvalue weighted by Gasteiger charge is 2.59. The Labute approximate surface area is 173 Å². The second-order valence-electron chi connectivity index (χ2n) is 8.62.